The SMILES string of the molecule is CCCCCCCCC[C@H](C)/C=C(/C)C/C(C)=C/[C@H](C)CCCCCCCC(=O)O. The number of carboxylic acids is 1. The summed E-state index contributed by atoms with van der Waals surface area (Å²) in [5.41, 5.74) is 3.02. The molecule has 0 heterocycles. The molecule has 0 aromatic heterocycles. The zero-order valence-electron chi connectivity index (χ0n) is 21.0. The second-order valence-electron chi connectivity index (χ2n) is 9.77. The van der Waals surface area contributed by atoms with Crippen molar-refractivity contribution >= 4 is 5.97 Å². The fourth-order valence-corrected chi connectivity index (χ4v) is 4.39. The van der Waals surface area contributed by atoms with Gasteiger partial charge in [-0.15, -0.1) is 0 Å². The molecule has 0 aliphatic rings. The van der Waals surface area contributed by atoms with Crippen LogP contribution in [-0.2, 0) is 4.79 Å². The van der Waals surface area contributed by atoms with E-state index in [-0.39, 0.29) is 0 Å². The van der Waals surface area contributed by atoms with Crippen molar-refractivity contribution in [2.24, 2.45) is 11.8 Å². The van der Waals surface area contributed by atoms with Crippen LogP contribution in [0.3, 0.4) is 0 Å². The maximum absolute atomic E-state index is 10.5. The summed E-state index contributed by atoms with van der Waals surface area (Å²) in [6.45, 7) is 11.6. The van der Waals surface area contributed by atoms with Crippen molar-refractivity contribution in [2.75, 3.05) is 0 Å². The zero-order chi connectivity index (χ0) is 22.6. The van der Waals surface area contributed by atoms with Crippen LogP contribution >= 0.6 is 0 Å². The summed E-state index contributed by atoms with van der Waals surface area (Å²) in [7, 11) is 0. The van der Waals surface area contributed by atoms with Crippen molar-refractivity contribution in [2.45, 2.75) is 137 Å². The highest BCUT2D eigenvalue weighted by Crippen LogP contribution is 2.20. The molecule has 0 aromatic rings. The first-order valence-corrected chi connectivity index (χ1v) is 12.9. The molecule has 30 heavy (non-hydrogen) atoms. The predicted molar refractivity (Wildman–Crippen MR) is 133 cm³/mol. The Balaban J connectivity index is 3.91. The Kier molecular flexibility index (Phi) is 19.2. The van der Waals surface area contributed by atoms with Gasteiger partial charge in [-0.3, -0.25) is 4.79 Å². The van der Waals surface area contributed by atoms with E-state index in [1.54, 1.807) is 0 Å². The van der Waals surface area contributed by atoms with Gasteiger partial charge in [-0.05, 0) is 51.4 Å². The van der Waals surface area contributed by atoms with Gasteiger partial charge < -0.3 is 5.11 Å². The highest BCUT2D eigenvalue weighted by atomic mass is 16.4. The van der Waals surface area contributed by atoms with Crippen molar-refractivity contribution < 1.29 is 9.90 Å². The van der Waals surface area contributed by atoms with Gasteiger partial charge in [0.05, 0.1) is 0 Å². The molecule has 0 aliphatic carbocycles. The highest BCUT2D eigenvalue weighted by Gasteiger charge is 2.03. The Hall–Kier alpha value is -1.05. The third-order valence-electron chi connectivity index (χ3n) is 6.01. The van der Waals surface area contributed by atoms with Crippen LogP contribution in [0.25, 0.3) is 0 Å². The Bertz CT molecular complexity index is 475. The van der Waals surface area contributed by atoms with E-state index in [1.807, 2.05) is 0 Å². The summed E-state index contributed by atoms with van der Waals surface area (Å²) in [6.07, 6.45) is 24.3. The van der Waals surface area contributed by atoms with Gasteiger partial charge >= 0.3 is 5.97 Å². The number of hydrogen-bond donors (Lipinski definition) is 1. The minimum Gasteiger partial charge on any atom is -0.481 e. The summed E-state index contributed by atoms with van der Waals surface area (Å²) < 4.78 is 0. The molecule has 0 aliphatic heterocycles. The molecule has 0 bridgehead atoms. The van der Waals surface area contributed by atoms with E-state index in [0.717, 1.165) is 19.3 Å². The first-order valence-electron chi connectivity index (χ1n) is 12.9. The minimum absolute atomic E-state index is 0.322. The number of allylic oxidation sites excluding steroid dienone is 4. The maximum Gasteiger partial charge on any atom is 0.303 e. The molecule has 2 heteroatoms. The molecule has 1 N–H and O–H groups in total. The minimum atomic E-state index is -0.666. The van der Waals surface area contributed by atoms with E-state index in [4.69, 9.17) is 5.11 Å². The van der Waals surface area contributed by atoms with Crippen LogP contribution in [-0.4, -0.2) is 11.1 Å². The fraction of sp³-hybridized carbons (Fsp3) is 0.821. The third kappa shape index (κ3) is 20.2. The molecule has 0 unspecified atom stereocenters. The van der Waals surface area contributed by atoms with E-state index in [2.05, 4.69) is 46.8 Å². The van der Waals surface area contributed by atoms with E-state index >= 15 is 0 Å². The van der Waals surface area contributed by atoms with Crippen molar-refractivity contribution in [3.8, 4) is 0 Å². The predicted octanol–water partition coefficient (Wildman–Crippen LogP) is 9.50. The topological polar surface area (TPSA) is 37.3 Å². The molecule has 2 atom stereocenters. The molecule has 0 saturated carbocycles. The standard InChI is InChI=1S/C28H52O2/c1-6-7-8-9-10-12-15-18-24(2)21-26(4)23-27(5)22-25(3)19-16-13-11-14-17-20-28(29)30/h21-22,24-25H,6-20,23H2,1-5H3,(H,29,30)/b26-21-,27-22+/t24-,25+/m0/s1. The first kappa shape index (κ1) is 28.9. The lowest BCUT2D eigenvalue weighted by Gasteiger charge is -2.11. The van der Waals surface area contributed by atoms with Crippen LogP contribution in [0.1, 0.15) is 137 Å². The number of carbonyl (C=O) groups is 1. The van der Waals surface area contributed by atoms with Gasteiger partial charge in [-0.1, -0.05) is 115 Å². The Morgan fingerprint density at radius 1 is 0.700 bits per heavy atom. The van der Waals surface area contributed by atoms with E-state index in [0.29, 0.717) is 18.3 Å². The van der Waals surface area contributed by atoms with Gasteiger partial charge in [-0.25, -0.2) is 0 Å². The smallest absolute Gasteiger partial charge is 0.303 e. The number of hydrogen-bond acceptors (Lipinski definition) is 1. The fourth-order valence-electron chi connectivity index (χ4n) is 4.39. The van der Waals surface area contributed by atoms with Crippen LogP contribution in [0.15, 0.2) is 23.3 Å². The maximum atomic E-state index is 10.5. The molecular formula is C28H52O2. The van der Waals surface area contributed by atoms with Crippen molar-refractivity contribution in [1.29, 1.82) is 0 Å². The second kappa shape index (κ2) is 19.9. The van der Waals surface area contributed by atoms with Crippen LogP contribution < -0.4 is 0 Å². The van der Waals surface area contributed by atoms with Crippen molar-refractivity contribution in [3.05, 3.63) is 23.3 Å². The van der Waals surface area contributed by atoms with Crippen molar-refractivity contribution in [1.82, 2.24) is 0 Å². The number of rotatable bonds is 20. The average Bonchev–Trinajstić information content (AvgIpc) is 2.65. The monoisotopic (exact) mass is 420 g/mol. The molecule has 176 valence electrons. The molecule has 0 amide bonds. The lowest BCUT2D eigenvalue weighted by molar-refractivity contribution is -0.137. The normalized spacial score (nSPS) is 14.7. The van der Waals surface area contributed by atoms with Gasteiger partial charge in [0.1, 0.15) is 0 Å². The van der Waals surface area contributed by atoms with E-state index in [9.17, 15) is 4.79 Å². The van der Waals surface area contributed by atoms with Gasteiger partial charge in [0.15, 0.2) is 0 Å². The summed E-state index contributed by atoms with van der Waals surface area (Å²) in [4.78, 5) is 10.5. The summed E-state index contributed by atoms with van der Waals surface area (Å²) in [5.74, 6) is 0.676. The summed E-state index contributed by atoms with van der Waals surface area (Å²) in [6, 6.07) is 0. The van der Waals surface area contributed by atoms with Crippen molar-refractivity contribution in [3.63, 3.8) is 0 Å². The Morgan fingerprint density at radius 2 is 1.10 bits per heavy atom. The van der Waals surface area contributed by atoms with E-state index < -0.39 is 5.97 Å². The van der Waals surface area contributed by atoms with Gasteiger partial charge in [0, 0.05) is 6.42 Å². The largest absolute Gasteiger partial charge is 0.481 e. The van der Waals surface area contributed by atoms with Gasteiger partial charge in [-0.2, -0.15) is 0 Å². The molecule has 2 nitrogen and oxygen atoms in total. The molecule has 0 saturated heterocycles. The summed E-state index contributed by atoms with van der Waals surface area (Å²) in [5, 5.41) is 8.65. The first-order chi connectivity index (χ1) is 14.3. The zero-order valence-corrected chi connectivity index (χ0v) is 21.0. The Morgan fingerprint density at radius 3 is 1.53 bits per heavy atom. The number of aliphatic carboxylic acids is 1. The Labute approximate surface area is 188 Å². The molecule has 0 radical (unpaired) electrons. The molecule has 0 aromatic carbocycles. The van der Waals surface area contributed by atoms with Crippen LogP contribution in [0.4, 0.5) is 0 Å². The number of unbranched alkanes of at least 4 members (excludes halogenated alkanes) is 10. The summed E-state index contributed by atoms with van der Waals surface area (Å²) >= 11 is 0. The lowest BCUT2D eigenvalue weighted by Crippen LogP contribution is -1.95. The highest BCUT2D eigenvalue weighted by molar-refractivity contribution is 5.66. The lowest BCUT2D eigenvalue weighted by atomic mass is 9.95. The van der Waals surface area contributed by atoms with Crippen LogP contribution in [0.5, 0.6) is 0 Å². The molecule has 0 rings (SSSR count). The number of carboxylic acid groups (broad SMARTS) is 1. The van der Waals surface area contributed by atoms with Crippen LogP contribution in [0, 0.1) is 11.8 Å². The second-order valence-corrected chi connectivity index (χ2v) is 9.77. The third-order valence-corrected chi connectivity index (χ3v) is 6.01. The molecule has 0 fully saturated rings. The van der Waals surface area contributed by atoms with Gasteiger partial charge in [0.2, 0.25) is 0 Å². The molecule has 0 spiro atoms. The molecular weight excluding hydrogens is 368 g/mol. The van der Waals surface area contributed by atoms with E-state index in [1.165, 1.54) is 88.2 Å². The van der Waals surface area contributed by atoms with Gasteiger partial charge in [0.25, 0.3) is 0 Å². The quantitative estimate of drug-likeness (QED) is 0.157. The van der Waals surface area contributed by atoms with Crippen LogP contribution in [0.2, 0.25) is 0 Å². The average molecular weight is 421 g/mol.